The van der Waals surface area contributed by atoms with E-state index < -0.39 is 5.97 Å². The summed E-state index contributed by atoms with van der Waals surface area (Å²) in [6.45, 7) is 1.11. The zero-order valence-corrected chi connectivity index (χ0v) is 12.8. The van der Waals surface area contributed by atoms with Crippen molar-refractivity contribution in [3.05, 3.63) is 40.1 Å². The number of nitrogens with zero attached hydrogens (tertiary/aromatic N) is 3. The fourth-order valence-electron chi connectivity index (χ4n) is 1.84. The van der Waals surface area contributed by atoms with Crippen molar-refractivity contribution >= 4 is 21.9 Å². The van der Waals surface area contributed by atoms with Crippen LogP contribution in [-0.4, -0.2) is 39.2 Å². The molecule has 7 nitrogen and oxygen atoms in total. The molecule has 0 saturated heterocycles. The van der Waals surface area contributed by atoms with Crippen LogP contribution in [0, 0.1) is 0 Å². The van der Waals surface area contributed by atoms with Crippen molar-refractivity contribution in [2.24, 2.45) is 5.73 Å². The van der Waals surface area contributed by atoms with Crippen LogP contribution < -0.4 is 10.5 Å². The number of carbonyl (C=O) groups is 1. The second-order valence-corrected chi connectivity index (χ2v) is 5.17. The number of carboxylic acid groups (broad SMARTS) is 1. The van der Waals surface area contributed by atoms with Gasteiger partial charge in [-0.3, -0.25) is 0 Å². The molecule has 0 unspecified atom stereocenters. The Labute approximate surface area is 129 Å². The molecule has 0 fully saturated rings. The molecule has 112 valence electrons. The molecule has 3 N–H and O–H groups in total. The van der Waals surface area contributed by atoms with E-state index in [0.29, 0.717) is 31.8 Å². The first-order chi connectivity index (χ1) is 10.1. The molecule has 0 aliphatic carbocycles. The average Bonchev–Trinajstić information content (AvgIpc) is 2.85. The minimum Gasteiger partial charge on any atom is -0.492 e. The number of aromatic nitrogens is 3. The first-order valence-electron chi connectivity index (χ1n) is 6.36. The van der Waals surface area contributed by atoms with E-state index in [-0.39, 0.29) is 5.69 Å². The lowest BCUT2D eigenvalue weighted by molar-refractivity contribution is 0.0689. The molecular formula is C13H15BrN4O3. The summed E-state index contributed by atoms with van der Waals surface area (Å²) < 4.78 is 8.08. The van der Waals surface area contributed by atoms with Crippen LogP contribution in [0.15, 0.2) is 28.7 Å². The Morgan fingerprint density at radius 3 is 2.71 bits per heavy atom. The van der Waals surface area contributed by atoms with E-state index in [1.54, 1.807) is 0 Å². The zero-order chi connectivity index (χ0) is 15.2. The number of benzene rings is 1. The van der Waals surface area contributed by atoms with E-state index in [0.717, 1.165) is 10.2 Å². The molecule has 0 aliphatic heterocycles. The van der Waals surface area contributed by atoms with Gasteiger partial charge in [-0.15, -0.1) is 5.10 Å². The number of aromatic carboxylic acids is 1. The second kappa shape index (κ2) is 7.19. The third kappa shape index (κ3) is 4.02. The van der Waals surface area contributed by atoms with Gasteiger partial charge in [0.15, 0.2) is 5.69 Å². The summed E-state index contributed by atoms with van der Waals surface area (Å²) in [6.07, 6.45) is 0.410. The Balaban J connectivity index is 1.99. The lowest BCUT2D eigenvalue weighted by Crippen LogP contribution is -2.16. The number of carboxylic acids is 1. The van der Waals surface area contributed by atoms with Crippen molar-refractivity contribution in [3.8, 4) is 5.75 Å². The summed E-state index contributed by atoms with van der Waals surface area (Å²) in [5.41, 5.74) is 5.96. The number of ether oxygens (including phenoxy) is 1. The normalized spacial score (nSPS) is 10.6. The van der Waals surface area contributed by atoms with Gasteiger partial charge in [0.1, 0.15) is 12.4 Å². The van der Waals surface area contributed by atoms with Gasteiger partial charge in [-0.2, -0.15) is 0 Å². The van der Waals surface area contributed by atoms with Crippen LogP contribution in [0.4, 0.5) is 0 Å². The predicted molar refractivity (Wildman–Crippen MR) is 79.4 cm³/mol. The molecule has 2 rings (SSSR count). The Bertz CT molecular complexity index is 612. The van der Waals surface area contributed by atoms with E-state index in [2.05, 4.69) is 26.2 Å². The Kier molecular flexibility index (Phi) is 5.29. The second-order valence-electron chi connectivity index (χ2n) is 4.25. The third-order valence-electron chi connectivity index (χ3n) is 2.81. The molecule has 0 amide bonds. The molecular weight excluding hydrogens is 340 g/mol. The quantitative estimate of drug-likeness (QED) is 0.777. The van der Waals surface area contributed by atoms with E-state index in [1.165, 1.54) is 4.68 Å². The van der Waals surface area contributed by atoms with Gasteiger partial charge in [0.25, 0.3) is 0 Å². The van der Waals surface area contributed by atoms with Crippen LogP contribution >= 0.6 is 15.9 Å². The molecule has 1 aromatic heterocycles. The maximum Gasteiger partial charge on any atom is 0.358 e. The Hall–Kier alpha value is -1.93. The molecule has 0 spiro atoms. The average molecular weight is 355 g/mol. The summed E-state index contributed by atoms with van der Waals surface area (Å²) in [5.74, 6) is -0.365. The first kappa shape index (κ1) is 15.5. The monoisotopic (exact) mass is 354 g/mol. The standard InChI is InChI=1S/C13H15BrN4O3/c14-9-1-3-10(4-2-9)21-8-7-18-11(5-6-15)12(13(19)20)16-17-18/h1-4H,5-8,15H2,(H,19,20). The summed E-state index contributed by atoms with van der Waals surface area (Å²) >= 11 is 3.35. The molecule has 21 heavy (non-hydrogen) atoms. The maximum absolute atomic E-state index is 11.0. The predicted octanol–water partition coefficient (Wildman–Crippen LogP) is 1.32. The van der Waals surface area contributed by atoms with Gasteiger partial charge in [0, 0.05) is 10.9 Å². The van der Waals surface area contributed by atoms with E-state index in [4.69, 9.17) is 15.6 Å². The lowest BCUT2D eigenvalue weighted by atomic mass is 10.2. The molecule has 2 aromatic rings. The van der Waals surface area contributed by atoms with Crippen molar-refractivity contribution in [2.75, 3.05) is 13.2 Å². The van der Waals surface area contributed by atoms with Crippen LogP contribution in [0.5, 0.6) is 5.75 Å². The number of hydrogen-bond donors (Lipinski definition) is 2. The number of hydrogen-bond acceptors (Lipinski definition) is 5. The summed E-state index contributed by atoms with van der Waals surface area (Å²) in [6, 6.07) is 7.45. The highest BCUT2D eigenvalue weighted by molar-refractivity contribution is 9.10. The van der Waals surface area contributed by atoms with Gasteiger partial charge in [-0.05, 0) is 30.8 Å². The van der Waals surface area contributed by atoms with Crippen LogP contribution in [0.3, 0.4) is 0 Å². The van der Waals surface area contributed by atoms with Crippen molar-refractivity contribution < 1.29 is 14.6 Å². The van der Waals surface area contributed by atoms with Crippen molar-refractivity contribution in [1.82, 2.24) is 15.0 Å². The van der Waals surface area contributed by atoms with Gasteiger partial charge < -0.3 is 15.6 Å². The maximum atomic E-state index is 11.0. The molecule has 0 atom stereocenters. The Morgan fingerprint density at radius 2 is 2.10 bits per heavy atom. The minimum absolute atomic E-state index is 0.0518. The van der Waals surface area contributed by atoms with Crippen molar-refractivity contribution in [3.63, 3.8) is 0 Å². The molecule has 1 aromatic carbocycles. The van der Waals surface area contributed by atoms with Crippen LogP contribution in [0.1, 0.15) is 16.2 Å². The van der Waals surface area contributed by atoms with Gasteiger partial charge in [-0.1, -0.05) is 21.1 Å². The summed E-state index contributed by atoms with van der Waals surface area (Å²) in [5, 5.41) is 16.6. The van der Waals surface area contributed by atoms with E-state index >= 15 is 0 Å². The van der Waals surface area contributed by atoms with Gasteiger partial charge in [-0.25, -0.2) is 9.48 Å². The molecule has 1 heterocycles. The third-order valence-corrected chi connectivity index (χ3v) is 3.34. The minimum atomic E-state index is -1.10. The molecule has 0 radical (unpaired) electrons. The first-order valence-corrected chi connectivity index (χ1v) is 7.15. The smallest absolute Gasteiger partial charge is 0.358 e. The van der Waals surface area contributed by atoms with Crippen molar-refractivity contribution in [2.45, 2.75) is 13.0 Å². The SMILES string of the molecule is NCCc1c(C(=O)O)nnn1CCOc1ccc(Br)cc1. The van der Waals surface area contributed by atoms with E-state index in [9.17, 15) is 4.79 Å². The highest BCUT2D eigenvalue weighted by Crippen LogP contribution is 2.16. The van der Waals surface area contributed by atoms with Gasteiger partial charge >= 0.3 is 5.97 Å². The summed E-state index contributed by atoms with van der Waals surface area (Å²) in [4.78, 5) is 11.0. The zero-order valence-electron chi connectivity index (χ0n) is 11.2. The number of halogens is 1. The lowest BCUT2D eigenvalue weighted by Gasteiger charge is -2.08. The molecule has 0 bridgehead atoms. The highest BCUT2D eigenvalue weighted by Gasteiger charge is 2.17. The van der Waals surface area contributed by atoms with Crippen molar-refractivity contribution in [1.29, 1.82) is 0 Å². The number of rotatable bonds is 7. The fourth-order valence-corrected chi connectivity index (χ4v) is 2.11. The number of nitrogens with two attached hydrogens (primary N) is 1. The van der Waals surface area contributed by atoms with Crippen LogP contribution in [0.25, 0.3) is 0 Å². The van der Waals surface area contributed by atoms with E-state index in [1.807, 2.05) is 24.3 Å². The van der Waals surface area contributed by atoms with Gasteiger partial charge in [0.2, 0.25) is 0 Å². The highest BCUT2D eigenvalue weighted by atomic mass is 79.9. The largest absolute Gasteiger partial charge is 0.492 e. The molecule has 0 aliphatic rings. The van der Waals surface area contributed by atoms with Gasteiger partial charge in [0.05, 0.1) is 12.2 Å². The molecule has 0 saturated carbocycles. The molecule has 8 heteroatoms. The fraction of sp³-hybridized carbons (Fsp3) is 0.308. The summed E-state index contributed by atoms with van der Waals surface area (Å²) in [7, 11) is 0. The Morgan fingerprint density at radius 1 is 1.38 bits per heavy atom. The topological polar surface area (TPSA) is 103 Å². The van der Waals surface area contributed by atoms with Crippen LogP contribution in [0.2, 0.25) is 0 Å². The van der Waals surface area contributed by atoms with Crippen LogP contribution in [-0.2, 0) is 13.0 Å².